The first kappa shape index (κ1) is 22.3. The standard InChI is InChI=1S/C17H14F4N4O2.C2H6/c1-9-2-3-11-12(4-9)13(17(19,20)21)7-25(15(11)27)8-14(26)24-16-22-5-10(18)6-23-16;1-2/h2-6,13H,7-8H2,1H3,(H,22,23,24,26);1-2H3. The number of alkyl halides is 3. The number of carbonyl (C=O) groups excluding carboxylic acids is 2. The van der Waals surface area contributed by atoms with Crippen LogP contribution in [0.1, 0.15) is 41.3 Å². The van der Waals surface area contributed by atoms with E-state index in [4.69, 9.17) is 0 Å². The van der Waals surface area contributed by atoms with Gasteiger partial charge >= 0.3 is 6.18 Å². The molecule has 0 saturated carbocycles. The van der Waals surface area contributed by atoms with E-state index in [0.29, 0.717) is 5.56 Å². The second-order valence-electron chi connectivity index (χ2n) is 6.14. The Kier molecular flexibility index (Phi) is 6.89. The number of amides is 2. The number of hydrogen-bond acceptors (Lipinski definition) is 4. The monoisotopic (exact) mass is 412 g/mol. The third-order valence-corrected chi connectivity index (χ3v) is 4.10. The van der Waals surface area contributed by atoms with Gasteiger partial charge in [-0.15, -0.1) is 0 Å². The number of nitrogens with zero attached hydrogens (tertiary/aromatic N) is 3. The van der Waals surface area contributed by atoms with Gasteiger partial charge in [0.15, 0.2) is 5.82 Å². The summed E-state index contributed by atoms with van der Waals surface area (Å²) in [5.41, 5.74) is 0.432. The maximum absolute atomic E-state index is 13.5. The van der Waals surface area contributed by atoms with Gasteiger partial charge in [0.1, 0.15) is 6.54 Å². The molecule has 1 unspecified atom stereocenters. The van der Waals surface area contributed by atoms with Gasteiger partial charge in [0, 0.05) is 12.1 Å². The molecule has 0 saturated heterocycles. The maximum Gasteiger partial charge on any atom is 0.397 e. The fraction of sp³-hybridized carbons (Fsp3) is 0.368. The van der Waals surface area contributed by atoms with E-state index < -0.39 is 42.8 Å². The predicted octanol–water partition coefficient (Wildman–Crippen LogP) is 3.69. The van der Waals surface area contributed by atoms with Crippen LogP contribution in [0, 0.1) is 12.7 Å². The number of halogens is 4. The SMILES string of the molecule is CC.Cc1ccc2c(c1)C(C(F)(F)F)CN(CC(=O)Nc1ncc(F)cn1)C2=O. The molecule has 2 amide bonds. The van der Waals surface area contributed by atoms with Gasteiger partial charge in [0.25, 0.3) is 5.91 Å². The molecular weight excluding hydrogens is 392 g/mol. The van der Waals surface area contributed by atoms with Crippen LogP contribution in [0.3, 0.4) is 0 Å². The number of aromatic nitrogens is 2. The molecule has 0 fully saturated rings. The molecule has 2 heterocycles. The lowest BCUT2D eigenvalue weighted by Gasteiger charge is -2.35. The van der Waals surface area contributed by atoms with Gasteiger partial charge in [-0.25, -0.2) is 14.4 Å². The first-order valence-corrected chi connectivity index (χ1v) is 8.89. The summed E-state index contributed by atoms with van der Waals surface area (Å²) >= 11 is 0. The molecule has 156 valence electrons. The number of benzene rings is 1. The highest BCUT2D eigenvalue weighted by Crippen LogP contribution is 2.40. The Morgan fingerprint density at radius 1 is 1.24 bits per heavy atom. The van der Waals surface area contributed by atoms with E-state index in [1.165, 1.54) is 12.1 Å². The number of nitrogens with one attached hydrogen (secondary N) is 1. The van der Waals surface area contributed by atoms with Crippen LogP contribution in [-0.4, -0.2) is 45.9 Å². The fourth-order valence-corrected chi connectivity index (χ4v) is 2.87. The molecule has 10 heteroatoms. The third-order valence-electron chi connectivity index (χ3n) is 4.10. The summed E-state index contributed by atoms with van der Waals surface area (Å²) in [5, 5.41) is 2.22. The van der Waals surface area contributed by atoms with Crippen molar-refractivity contribution in [3.05, 3.63) is 53.1 Å². The van der Waals surface area contributed by atoms with E-state index in [1.807, 2.05) is 13.8 Å². The summed E-state index contributed by atoms with van der Waals surface area (Å²) in [6, 6.07) is 4.22. The van der Waals surface area contributed by atoms with Gasteiger partial charge in [-0.3, -0.25) is 14.9 Å². The smallest absolute Gasteiger partial charge is 0.328 e. The number of hydrogen-bond donors (Lipinski definition) is 1. The van der Waals surface area contributed by atoms with Crippen LogP contribution in [0.4, 0.5) is 23.5 Å². The minimum absolute atomic E-state index is 0.0833. The lowest BCUT2D eigenvalue weighted by Crippen LogP contribution is -2.47. The second kappa shape index (κ2) is 8.97. The summed E-state index contributed by atoms with van der Waals surface area (Å²) in [7, 11) is 0. The maximum atomic E-state index is 13.5. The fourth-order valence-electron chi connectivity index (χ4n) is 2.87. The molecule has 1 aliphatic heterocycles. The molecule has 29 heavy (non-hydrogen) atoms. The highest BCUT2D eigenvalue weighted by molar-refractivity contribution is 6.00. The van der Waals surface area contributed by atoms with Crippen LogP contribution in [0.15, 0.2) is 30.6 Å². The first-order valence-electron chi connectivity index (χ1n) is 8.89. The molecule has 0 aliphatic carbocycles. The molecule has 0 bridgehead atoms. The van der Waals surface area contributed by atoms with E-state index in [-0.39, 0.29) is 17.1 Å². The minimum atomic E-state index is -4.57. The molecule has 2 aromatic rings. The van der Waals surface area contributed by atoms with Crippen molar-refractivity contribution in [1.82, 2.24) is 14.9 Å². The van der Waals surface area contributed by atoms with Gasteiger partial charge in [-0.1, -0.05) is 31.5 Å². The molecule has 1 aliphatic rings. The van der Waals surface area contributed by atoms with E-state index in [1.54, 1.807) is 13.0 Å². The highest BCUT2D eigenvalue weighted by Gasteiger charge is 2.47. The molecule has 0 radical (unpaired) electrons. The quantitative estimate of drug-likeness (QED) is 0.781. The third kappa shape index (κ3) is 5.27. The summed E-state index contributed by atoms with van der Waals surface area (Å²) in [4.78, 5) is 32.5. The molecule has 1 aromatic heterocycles. The van der Waals surface area contributed by atoms with E-state index in [2.05, 4.69) is 15.3 Å². The van der Waals surface area contributed by atoms with Crippen molar-refractivity contribution >= 4 is 17.8 Å². The lowest BCUT2D eigenvalue weighted by atomic mass is 9.87. The largest absolute Gasteiger partial charge is 0.397 e. The van der Waals surface area contributed by atoms with Gasteiger partial charge in [0.2, 0.25) is 11.9 Å². The number of anilines is 1. The molecule has 0 spiro atoms. The number of aryl methyl sites for hydroxylation is 1. The van der Waals surface area contributed by atoms with Crippen molar-refractivity contribution in [3.8, 4) is 0 Å². The van der Waals surface area contributed by atoms with Crippen molar-refractivity contribution in [2.45, 2.75) is 32.9 Å². The van der Waals surface area contributed by atoms with E-state index >= 15 is 0 Å². The van der Waals surface area contributed by atoms with Crippen LogP contribution in [0.25, 0.3) is 0 Å². The molecule has 1 aromatic carbocycles. The van der Waals surface area contributed by atoms with Gasteiger partial charge in [0.05, 0.1) is 18.3 Å². The van der Waals surface area contributed by atoms with E-state index in [9.17, 15) is 27.2 Å². The Morgan fingerprint density at radius 3 is 2.45 bits per heavy atom. The van der Waals surface area contributed by atoms with E-state index in [0.717, 1.165) is 17.3 Å². The number of fused-ring (bicyclic) bond motifs is 1. The highest BCUT2D eigenvalue weighted by atomic mass is 19.4. The Bertz CT molecular complexity index is 885. The Balaban J connectivity index is 0.00000145. The molecule has 3 rings (SSSR count). The van der Waals surface area contributed by atoms with Crippen molar-refractivity contribution in [3.63, 3.8) is 0 Å². The molecule has 6 nitrogen and oxygen atoms in total. The van der Waals surface area contributed by atoms with Crippen LogP contribution in [0.5, 0.6) is 0 Å². The van der Waals surface area contributed by atoms with Crippen LogP contribution in [0.2, 0.25) is 0 Å². The Labute approximate surface area is 165 Å². The average molecular weight is 412 g/mol. The van der Waals surface area contributed by atoms with Gasteiger partial charge in [-0.2, -0.15) is 13.2 Å². The van der Waals surface area contributed by atoms with Gasteiger partial charge < -0.3 is 4.90 Å². The summed E-state index contributed by atoms with van der Waals surface area (Å²) < 4.78 is 53.2. The topological polar surface area (TPSA) is 75.2 Å². The zero-order valence-electron chi connectivity index (χ0n) is 16.0. The summed E-state index contributed by atoms with van der Waals surface area (Å²) in [5.74, 6) is -4.26. The normalized spacial score (nSPS) is 15.9. The first-order chi connectivity index (χ1) is 13.6. The Morgan fingerprint density at radius 2 is 1.86 bits per heavy atom. The predicted molar refractivity (Wildman–Crippen MR) is 97.8 cm³/mol. The minimum Gasteiger partial charge on any atom is -0.328 e. The summed E-state index contributed by atoms with van der Waals surface area (Å²) in [6.45, 7) is 4.36. The van der Waals surface area contributed by atoms with Crippen molar-refractivity contribution in [2.75, 3.05) is 18.4 Å². The molecule has 1 N–H and O–H groups in total. The summed E-state index contributed by atoms with van der Waals surface area (Å²) in [6.07, 6.45) is -2.92. The zero-order valence-corrected chi connectivity index (χ0v) is 16.0. The lowest BCUT2D eigenvalue weighted by molar-refractivity contribution is -0.155. The van der Waals surface area contributed by atoms with Gasteiger partial charge in [-0.05, 0) is 18.6 Å². The zero-order chi connectivity index (χ0) is 21.8. The molecule has 1 atom stereocenters. The Hall–Kier alpha value is -3.04. The van der Waals surface area contributed by atoms with Crippen molar-refractivity contribution < 1.29 is 27.2 Å². The van der Waals surface area contributed by atoms with Crippen LogP contribution < -0.4 is 5.32 Å². The van der Waals surface area contributed by atoms with Crippen molar-refractivity contribution in [2.24, 2.45) is 0 Å². The molecular formula is C19H20F4N4O2. The number of rotatable bonds is 3. The van der Waals surface area contributed by atoms with Crippen LogP contribution in [-0.2, 0) is 4.79 Å². The average Bonchev–Trinajstić information content (AvgIpc) is 2.66. The number of carbonyl (C=O) groups is 2. The van der Waals surface area contributed by atoms with Crippen LogP contribution >= 0.6 is 0 Å². The second-order valence-corrected chi connectivity index (χ2v) is 6.14. The van der Waals surface area contributed by atoms with Crippen molar-refractivity contribution in [1.29, 1.82) is 0 Å².